The largest absolute Gasteiger partial charge is 0.391 e. The lowest BCUT2D eigenvalue weighted by Gasteiger charge is -2.20. The average molecular weight is 300 g/mol. The summed E-state index contributed by atoms with van der Waals surface area (Å²) in [5.41, 5.74) is 0.783. The van der Waals surface area contributed by atoms with Crippen molar-refractivity contribution in [3.63, 3.8) is 0 Å². The van der Waals surface area contributed by atoms with Gasteiger partial charge in [0.1, 0.15) is 6.54 Å². The van der Waals surface area contributed by atoms with E-state index in [1.54, 1.807) is 25.3 Å². The summed E-state index contributed by atoms with van der Waals surface area (Å²) in [7, 11) is 0. The van der Waals surface area contributed by atoms with E-state index in [1.165, 1.54) is 10.6 Å². The van der Waals surface area contributed by atoms with Gasteiger partial charge in [-0.3, -0.25) is 9.59 Å². The fourth-order valence-electron chi connectivity index (χ4n) is 2.17. The van der Waals surface area contributed by atoms with Crippen LogP contribution < -0.4 is 10.9 Å². The van der Waals surface area contributed by atoms with Crippen molar-refractivity contribution < 1.29 is 9.90 Å². The Morgan fingerprint density at radius 2 is 1.86 bits per heavy atom. The first-order valence-electron chi connectivity index (χ1n) is 7.23. The maximum Gasteiger partial charge on any atom is 0.250 e. The Bertz CT molecular complexity index is 667. The molecule has 1 aromatic carbocycles. The first-order valence-corrected chi connectivity index (χ1v) is 7.23. The normalized spacial score (nSPS) is 13.4. The molecule has 1 heterocycles. The highest BCUT2D eigenvalue weighted by Crippen LogP contribution is 2.06. The van der Waals surface area contributed by atoms with Gasteiger partial charge in [0.05, 0.1) is 12.1 Å². The molecule has 22 heavy (non-hydrogen) atoms. The third-order valence-corrected chi connectivity index (χ3v) is 3.47. The van der Waals surface area contributed by atoms with Crippen molar-refractivity contribution >= 4 is 5.91 Å². The number of carbonyl (C=O) groups excluding carboxylic acids is 1. The zero-order chi connectivity index (χ0) is 15.9. The number of benzene rings is 1. The molecule has 1 amide bonds. The van der Waals surface area contributed by atoms with Crippen LogP contribution in [0.3, 0.4) is 0 Å². The molecule has 0 saturated heterocycles. The van der Waals surface area contributed by atoms with E-state index in [0.717, 1.165) is 5.56 Å². The van der Waals surface area contributed by atoms with Crippen LogP contribution in [0, 0.1) is 0 Å². The minimum atomic E-state index is -0.682. The summed E-state index contributed by atoms with van der Waals surface area (Å²) in [5.74, 6) is -0.298. The molecule has 0 radical (unpaired) electrons. The Hall–Kier alpha value is -2.40. The van der Waals surface area contributed by atoms with Gasteiger partial charge in [-0.2, -0.15) is 0 Å². The zero-order valence-electron chi connectivity index (χ0n) is 12.5. The maximum absolute atomic E-state index is 12.0. The number of aliphatic hydroxyl groups excluding tert-OH is 1. The van der Waals surface area contributed by atoms with E-state index in [9.17, 15) is 14.7 Å². The summed E-state index contributed by atoms with van der Waals surface area (Å²) >= 11 is 0. The molecule has 116 valence electrons. The number of nitrogens with zero attached hydrogens (tertiary/aromatic N) is 1. The third kappa shape index (κ3) is 4.56. The number of hydrogen-bond acceptors (Lipinski definition) is 3. The van der Waals surface area contributed by atoms with Crippen molar-refractivity contribution in [1.82, 2.24) is 9.88 Å². The van der Waals surface area contributed by atoms with Crippen molar-refractivity contribution in [2.75, 3.05) is 0 Å². The number of aromatic nitrogens is 1. The SMILES string of the molecule is CC(NC(=O)Cn1ccccc1=O)C(O)Cc1ccccc1. The van der Waals surface area contributed by atoms with Crippen molar-refractivity contribution in [1.29, 1.82) is 0 Å². The summed E-state index contributed by atoms with van der Waals surface area (Å²) in [4.78, 5) is 23.5. The molecule has 2 unspecified atom stereocenters. The Morgan fingerprint density at radius 1 is 1.18 bits per heavy atom. The fraction of sp³-hybridized carbons (Fsp3) is 0.294. The highest BCUT2D eigenvalue weighted by molar-refractivity contribution is 5.76. The number of amides is 1. The smallest absolute Gasteiger partial charge is 0.250 e. The number of carbonyl (C=O) groups is 1. The summed E-state index contributed by atoms with van der Waals surface area (Å²) in [6.45, 7) is 1.70. The van der Waals surface area contributed by atoms with Crippen molar-refractivity contribution in [2.45, 2.75) is 32.0 Å². The average Bonchev–Trinajstić information content (AvgIpc) is 2.50. The van der Waals surface area contributed by atoms with Crippen LogP contribution in [-0.4, -0.2) is 27.7 Å². The van der Waals surface area contributed by atoms with Gasteiger partial charge < -0.3 is 15.0 Å². The Morgan fingerprint density at radius 3 is 2.55 bits per heavy atom. The van der Waals surface area contributed by atoms with Crippen molar-refractivity contribution in [2.24, 2.45) is 0 Å². The second-order valence-electron chi connectivity index (χ2n) is 5.28. The van der Waals surface area contributed by atoms with Crippen LogP contribution in [0.15, 0.2) is 59.5 Å². The maximum atomic E-state index is 12.0. The van der Waals surface area contributed by atoms with Crippen molar-refractivity contribution in [3.8, 4) is 0 Å². The zero-order valence-corrected chi connectivity index (χ0v) is 12.5. The first kappa shape index (κ1) is 16.0. The molecule has 5 heteroatoms. The number of rotatable bonds is 6. The first-order chi connectivity index (χ1) is 10.6. The lowest BCUT2D eigenvalue weighted by atomic mass is 10.0. The molecular formula is C17H20N2O3. The second-order valence-corrected chi connectivity index (χ2v) is 5.28. The van der Waals surface area contributed by atoms with E-state index < -0.39 is 12.1 Å². The van der Waals surface area contributed by atoms with Crippen LogP contribution in [0.1, 0.15) is 12.5 Å². The van der Waals surface area contributed by atoms with E-state index in [0.29, 0.717) is 6.42 Å². The quantitative estimate of drug-likeness (QED) is 0.834. The lowest BCUT2D eigenvalue weighted by molar-refractivity contribution is -0.123. The summed E-state index contributed by atoms with van der Waals surface area (Å²) < 4.78 is 1.33. The van der Waals surface area contributed by atoms with Gasteiger partial charge in [-0.1, -0.05) is 36.4 Å². The Balaban J connectivity index is 1.88. The fourth-order valence-corrected chi connectivity index (χ4v) is 2.17. The van der Waals surface area contributed by atoms with Crippen LogP contribution in [0.2, 0.25) is 0 Å². The predicted molar refractivity (Wildman–Crippen MR) is 84.5 cm³/mol. The molecular weight excluding hydrogens is 280 g/mol. The van der Waals surface area contributed by atoms with Gasteiger partial charge in [0.25, 0.3) is 5.56 Å². The van der Waals surface area contributed by atoms with Crippen LogP contribution in [0.5, 0.6) is 0 Å². The molecule has 2 atom stereocenters. The lowest BCUT2D eigenvalue weighted by Crippen LogP contribution is -2.44. The highest BCUT2D eigenvalue weighted by Gasteiger charge is 2.17. The minimum Gasteiger partial charge on any atom is -0.391 e. The van der Waals surface area contributed by atoms with Crippen LogP contribution >= 0.6 is 0 Å². The van der Waals surface area contributed by atoms with Gasteiger partial charge in [-0.15, -0.1) is 0 Å². The molecule has 5 nitrogen and oxygen atoms in total. The summed E-state index contributed by atoms with van der Waals surface area (Å²) in [5, 5.41) is 12.9. The Kier molecular flexibility index (Phi) is 5.49. The van der Waals surface area contributed by atoms with Gasteiger partial charge in [0.2, 0.25) is 5.91 Å². The Labute approximate surface area is 129 Å². The molecule has 0 fully saturated rings. The van der Waals surface area contributed by atoms with E-state index in [1.807, 2.05) is 30.3 Å². The van der Waals surface area contributed by atoms with E-state index in [-0.39, 0.29) is 18.0 Å². The predicted octanol–water partition coefficient (Wildman–Crippen LogP) is 0.957. The van der Waals surface area contributed by atoms with E-state index in [4.69, 9.17) is 0 Å². The molecule has 0 bridgehead atoms. The van der Waals surface area contributed by atoms with Crippen LogP contribution in [0.4, 0.5) is 0 Å². The van der Waals surface area contributed by atoms with Gasteiger partial charge in [0, 0.05) is 18.7 Å². The number of pyridine rings is 1. The monoisotopic (exact) mass is 300 g/mol. The molecule has 0 spiro atoms. The summed E-state index contributed by atoms with van der Waals surface area (Å²) in [6, 6.07) is 13.9. The molecule has 2 rings (SSSR count). The highest BCUT2D eigenvalue weighted by atomic mass is 16.3. The van der Waals surface area contributed by atoms with E-state index in [2.05, 4.69) is 5.32 Å². The molecule has 0 aliphatic heterocycles. The van der Waals surface area contributed by atoms with Gasteiger partial charge in [-0.05, 0) is 18.6 Å². The third-order valence-electron chi connectivity index (χ3n) is 3.47. The summed E-state index contributed by atoms with van der Waals surface area (Å²) in [6.07, 6.45) is 1.35. The number of nitrogens with one attached hydrogen (secondary N) is 1. The number of aliphatic hydroxyl groups is 1. The molecule has 0 aliphatic carbocycles. The molecule has 2 aromatic rings. The standard InChI is InChI=1S/C17H20N2O3/c1-13(15(20)11-14-7-3-2-4-8-14)18-16(21)12-19-10-6-5-9-17(19)22/h2-10,13,15,20H,11-12H2,1H3,(H,18,21). The minimum absolute atomic E-state index is 0.0535. The number of hydrogen-bond donors (Lipinski definition) is 2. The van der Waals surface area contributed by atoms with Crippen molar-refractivity contribution in [3.05, 3.63) is 70.6 Å². The molecule has 1 aromatic heterocycles. The molecule has 2 N–H and O–H groups in total. The molecule has 0 saturated carbocycles. The van der Waals surface area contributed by atoms with Gasteiger partial charge in [-0.25, -0.2) is 0 Å². The van der Waals surface area contributed by atoms with Crippen LogP contribution in [-0.2, 0) is 17.8 Å². The van der Waals surface area contributed by atoms with Gasteiger partial charge >= 0.3 is 0 Å². The van der Waals surface area contributed by atoms with Gasteiger partial charge in [0.15, 0.2) is 0 Å². The van der Waals surface area contributed by atoms with Crippen LogP contribution in [0.25, 0.3) is 0 Å². The molecule has 0 aliphatic rings. The topological polar surface area (TPSA) is 71.3 Å². The van der Waals surface area contributed by atoms with E-state index >= 15 is 0 Å². The second kappa shape index (κ2) is 7.56.